The van der Waals surface area contributed by atoms with Gasteiger partial charge in [0.1, 0.15) is 5.82 Å². The third-order valence-corrected chi connectivity index (χ3v) is 4.88. The Morgan fingerprint density at radius 2 is 1.86 bits per heavy atom. The first kappa shape index (κ1) is 14.7. The van der Waals surface area contributed by atoms with Crippen molar-refractivity contribution in [1.82, 2.24) is 14.9 Å². The van der Waals surface area contributed by atoms with Gasteiger partial charge < -0.3 is 10.1 Å². The summed E-state index contributed by atoms with van der Waals surface area (Å²) in [7, 11) is 0. The lowest BCUT2D eigenvalue weighted by Crippen LogP contribution is -2.56. The molecule has 0 amide bonds. The minimum atomic E-state index is 0.262. The van der Waals surface area contributed by atoms with Crippen molar-refractivity contribution in [3.05, 3.63) is 18.6 Å². The van der Waals surface area contributed by atoms with E-state index in [1.54, 1.807) is 12.4 Å². The van der Waals surface area contributed by atoms with Crippen molar-refractivity contribution in [3.8, 4) is 0 Å². The van der Waals surface area contributed by atoms with Crippen LogP contribution in [0.2, 0.25) is 0 Å². The standard InChI is InChI=1S/C16H26N4O/c1-2-4-6-16(5-3-1,20-9-11-21-12-10-20)14-19-15-13-17-7-8-18-15/h7-8,13H,1-6,9-12,14H2,(H,18,19). The quantitative estimate of drug-likeness (QED) is 0.862. The third-order valence-electron chi connectivity index (χ3n) is 4.88. The number of anilines is 1. The van der Waals surface area contributed by atoms with E-state index in [0.29, 0.717) is 0 Å². The summed E-state index contributed by atoms with van der Waals surface area (Å²) in [6.45, 7) is 4.82. The van der Waals surface area contributed by atoms with Gasteiger partial charge in [0, 0.05) is 37.6 Å². The van der Waals surface area contributed by atoms with Crippen molar-refractivity contribution in [2.75, 3.05) is 38.2 Å². The Balaban J connectivity index is 1.71. The summed E-state index contributed by atoms with van der Waals surface area (Å²) in [5, 5.41) is 3.52. The monoisotopic (exact) mass is 290 g/mol. The average molecular weight is 290 g/mol. The van der Waals surface area contributed by atoms with Crippen molar-refractivity contribution < 1.29 is 4.74 Å². The molecule has 5 nitrogen and oxygen atoms in total. The molecule has 1 saturated carbocycles. The SMILES string of the molecule is c1cnc(NCC2(N3CCOCC3)CCCCCC2)cn1. The zero-order valence-corrected chi connectivity index (χ0v) is 12.8. The van der Waals surface area contributed by atoms with E-state index in [4.69, 9.17) is 4.74 Å². The maximum Gasteiger partial charge on any atom is 0.144 e. The Kier molecular flexibility index (Phi) is 5.04. The molecule has 3 rings (SSSR count). The second-order valence-electron chi connectivity index (χ2n) is 6.18. The van der Waals surface area contributed by atoms with Gasteiger partial charge in [-0.1, -0.05) is 25.7 Å². The highest BCUT2D eigenvalue weighted by molar-refractivity contribution is 5.30. The Labute approximate surface area is 127 Å². The van der Waals surface area contributed by atoms with E-state index in [1.165, 1.54) is 38.5 Å². The molecule has 0 bridgehead atoms. The van der Waals surface area contributed by atoms with Gasteiger partial charge >= 0.3 is 0 Å². The number of hydrogen-bond donors (Lipinski definition) is 1. The fraction of sp³-hybridized carbons (Fsp3) is 0.750. The minimum Gasteiger partial charge on any atom is -0.379 e. The molecule has 2 heterocycles. The summed E-state index contributed by atoms with van der Waals surface area (Å²) >= 11 is 0. The van der Waals surface area contributed by atoms with Gasteiger partial charge in [-0.2, -0.15) is 0 Å². The van der Waals surface area contributed by atoms with E-state index >= 15 is 0 Å². The third kappa shape index (κ3) is 3.71. The van der Waals surface area contributed by atoms with Crippen LogP contribution in [-0.4, -0.2) is 53.3 Å². The number of ether oxygens (including phenoxy) is 1. The van der Waals surface area contributed by atoms with Crippen molar-refractivity contribution in [3.63, 3.8) is 0 Å². The number of nitrogens with zero attached hydrogens (tertiary/aromatic N) is 3. The smallest absolute Gasteiger partial charge is 0.144 e. The highest BCUT2D eigenvalue weighted by atomic mass is 16.5. The highest BCUT2D eigenvalue weighted by Gasteiger charge is 2.37. The van der Waals surface area contributed by atoms with E-state index in [-0.39, 0.29) is 5.54 Å². The first-order valence-corrected chi connectivity index (χ1v) is 8.22. The van der Waals surface area contributed by atoms with Gasteiger partial charge in [0.05, 0.1) is 19.4 Å². The molecule has 21 heavy (non-hydrogen) atoms. The van der Waals surface area contributed by atoms with Crippen LogP contribution in [-0.2, 0) is 4.74 Å². The second-order valence-corrected chi connectivity index (χ2v) is 6.18. The number of hydrogen-bond acceptors (Lipinski definition) is 5. The Morgan fingerprint density at radius 3 is 2.52 bits per heavy atom. The van der Waals surface area contributed by atoms with E-state index < -0.39 is 0 Å². The van der Waals surface area contributed by atoms with Gasteiger partial charge in [-0.05, 0) is 12.8 Å². The average Bonchev–Trinajstić information content (AvgIpc) is 2.81. The molecule has 1 aromatic rings. The molecule has 1 N–H and O–H groups in total. The number of aromatic nitrogens is 2. The van der Waals surface area contributed by atoms with Crippen LogP contribution in [0.15, 0.2) is 18.6 Å². The predicted octanol–water partition coefficient (Wildman–Crippen LogP) is 2.31. The Bertz CT molecular complexity index is 412. The molecule has 5 heteroatoms. The van der Waals surface area contributed by atoms with Gasteiger partial charge in [-0.3, -0.25) is 9.88 Å². The molecule has 0 unspecified atom stereocenters. The molecule has 0 radical (unpaired) electrons. The summed E-state index contributed by atoms with van der Waals surface area (Å²) in [4.78, 5) is 11.1. The Hall–Kier alpha value is -1.20. The molecule has 1 aromatic heterocycles. The summed E-state index contributed by atoms with van der Waals surface area (Å²) < 4.78 is 5.55. The van der Waals surface area contributed by atoms with Gasteiger partial charge in [-0.25, -0.2) is 4.98 Å². The molecule has 0 aromatic carbocycles. The zero-order valence-electron chi connectivity index (χ0n) is 12.8. The second kappa shape index (κ2) is 7.18. The van der Waals surface area contributed by atoms with E-state index in [1.807, 2.05) is 6.20 Å². The topological polar surface area (TPSA) is 50.3 Å². The molecule has 1 saturated heterocycles. The van der Waals surface area contributed by atoms with Crippen molar-refractivity contribution >= 4 is 5.82 Å². The predicted molar refractivity (Wildman–Crippen MR) is 83.3 cm³/mol. The van der Waals surface area contributed by atoms with Crippen LogP contribution in [0.1, 0.15) is 38.5 Å². The van der Waals surface area contributed by atoms with Crippen LogP contribution < -0.4 is 5.32 Å². The molecule has 116 valence electrons. The molecule has 2 fully saturated rings. The molecular weight excluding hydrogens is 264 g/mol. The highest BCUT2D eigenvalue weighted by Crippen LogP contribution is 2.33. The maximum absolute atomic E-state index is 5.55. The minimum absolute atomic E-state index is 0.262. The lowest BCUT2D eigenvalue weighted by Gasteiger charge is -2.46. The number of nitrogens with one attached hydrogen (secondary N) is 1. The lowest BCUT2D eigenvalue weighted by molar-refractivity contribution is -0.0240. The van der Waals surface area contributed by atoms with E-state index in [0.717, 1.165) is 38.7 Å². The first-order valence-electron chi connectivity index (χ1n) is 8.22. The molecule has 1 aliphatic heterocycles. The van der Waals surface area contributed by atoms with Gasteiger partial charge in [0.25, 0.3) is 0 Å². The van der Waals surface area contributed by atoms with Gasteiger partial charge in [0.2, 0.25) is 0 Å². The van der Waals surface area contributed by atoms with Crippen LogP contribution in [0, 0.1) is 0 Å². The van der Waals surface area contributed by atoms with E-state index in [2.05, 4.69) is 20.2 Å². The van der Waals surface area contributed by atoms with Crippen LogP contribution in [0.5, 0.6) is 0 Å². The van der Waals surface area contributed by atoms with Crippen LogP contribution in [0.4, 0.5) is 5.82 Å². The van der Waals surface area contributed by atoms with E-state index in [9.17, 15) is 0 Å². The summed E-state index contributed by atoms with van der Waals surface area (Å²) in [6, 6.07) is 0. The lowest BCUT2D eigenvalue weighted by atomic mass is 9.87. The molecule has 0 spiro atoms. The number of morpholine rings is 1. The van der Waals surface area contributed by atoms with Gasteiger partial charge in [-0.15, -0.1) is 0 Å². The molecule has 0 atom stereocenters. The summed E-state index contributed by atoms with van der Waals surface area (Å²) in [5.74, 6) is 0.884. The van der Waals surface area contributed by atoms with Gasteiger partial charge in [0.15, 0.2) is 0 Å². The zero-order chi connectivity index (χ0) is 14.4. The molecule has 1 aliphatic carbocycles. The molecular formula is C16H26N4O. The van der Waals surface area contributed by atoms with Crippen LogP contribution in [0.25, 0.3) is 0 Å². The van der Waals surface area contributed by atoms with Crippen molar-refractivity contribution in [2.45, 2.75) is 44.1 Å². The fourth-order valence-electron chi connectivity index (χ4n) is 3.67. The number of rotatable bonds is 4. The Morgan fingerprint density at radius 1 is 1.10 bits per heavy atom. The van der Waals surface area contributed by atoms with Crippen molar-refractivity contribution in [2.24, 2.45) is 0 Å². The van der Waals surface area contributed by atoms with Crippen LogP contribution >= 0.6 is 0 Å². The van der Waals surface area contributed by atoms with Crippen molar-refractivity contribution in [1.29, 1.82) is 0 Å². The first-order chi connectivity index (χ1) is 10.4. The largest absolute Gasteiger partial charge is 0.379 e. The normalized spacial score (nSPS) is 23.4. The molecule has 2 aliphatic rings. The van der Waals surface area contributed by atoms with Crippen LogP contribution in [0.3, 0.4) is 0 Å². The summed E-state index contributed by atoms with van der Waals surface area (Å²) in [5.41, 5.74) is 0.262. The fourth-order valence-corrected chi connectivity index (χ4v) is 3.67. The summed E-state index contributed by atoms with van der Waals surface area (Å²) in [6.07, 6.45) is 13.2. The maximum atomic E-state index is 5.55.